The molecule has 6 nitrogen and oxygen atoms in total. The van der Waals surface area contributed by atoms with E-state index in [9.17, 15) is 4.79 Å². The number of fused-ring (bicyclic) bond motifs is 1. The third-order valence-electron chi connectivity index (χ3n) is 6.68. The van der Waals surface area contributed by atoms with Gasteiger partial charge in [0.15, 0.2) is 11.5 Å². The second-order valence-corrected chi connectivity index (χ2v) is 9.34. The second kappa shape index (κ2) is 9.51. The summed E-state index contributed by atoms with van der Waals surface area (Å²) < 4.78 is 5.94. The molecule has 0 bridgehead atoms. The highest BCUT2D eigenvalue weighted by Crippen LogP contribution is 2.30. The normalized spacial score (nSPS) is 18.8. The number of benzene rings is 2. The summed E-state index contributed by atoms with van der Waals surface area (Å²) in [6.45, 7) is 4.40. The van der Waals surface area contributed by atoms with E-state index in [4.69, 9.17) is 16.0 Å². The monoisotopic (exact) mass is 452 g/mol. The van der Waals surface area contributed by atoms with Crippen LogP contribution in [0.15, 0.2) is 52.9 Å². The molecule has 2 saturated heterocycles. The number of nitrogens with zero attached hydrogens (tertiary/aromatic N) is 3. The number of likely N-dealkylation sites (tertiary alicyclic amines) is 2. The van der Waals surface area contributed by atoms with Crippen LogP contribution in [0.2, 0.25) is 5.02 Å². The largest absolute Gasteiger partial charge is 0.440 e. The average Bonchev–Trinajstić information content (AvgIpc) is 3.26. The van der Waals surface area contributed by atoms with Crippen LogP contribution in [0.4, 0.5) is 4.79 Å². The van der Waals surface area contributed by atoms with Gasteiger partial charge in [0.1, 0.15) is 5.52 Å². The molecular weight excluding hydrogens is 424 g/mol. The maximum atomic E-state index is 12.8. The molecule has 32 heavy (non-hydrogen) atoms. The van der Waals surface area contributed by atoms with Gasteiger partial charge >= 0.3 is 6.03 Å². The summed E-state index contributed by atoms with van der Waals surface area (Å²) in [5.41, 5.74) is 3.02. The van der Waals surface area contributed by atoms with E-state index in [-0.39, 0.29) is 18.0 Å². The number of piperidine rings is 2. The fourth-order valence-corrected chi connectivity index (χ4v) is 4.87. The first-order valence-electron chi connectivity index (χ1n) is 11.5. The maximum Gasteiger partial charge on any atom is 0.317 e. The predicted molar refractivity (Wildman–Crippen MR) is 126 cm³/mol. The summed E-state index contributed by atoms with van der Waals surface area (Å²) in [6.07, 6.45) is 3.75. The van der Waals surface area contributed by atoms with Crippen LogP contribution in [0, 0.1) is 0 Å². The molecule has 1 aromatic heterocycles. The van der Waals surface area contributed by atoms with Crippen molar-refractivity contribution in [1.29, 1.82) is 0 Å². The van der Waals surface area contributed by atoms with E-state index in [2.05, 4.69) is 27.3 Å². The Balaban J connectivity index is 1.07. The zero-order chi connectivity index (χ0) is 21.9. The SMILES string of the molecule is O=C(NC1CCN(Cc2ccc(Cl)cc2)CC1)N1CCC(c2nc3ccccc3o2)CC1. The van der Waals surface area contributed by atoms with Gasteiger partial charge in [0.25, 0.3) is 0 Å². The van der Waals surface area contributed by atoms with Crippen molar-refractivity contribution in [2.45, 2.75) is 44.2 Å². The molecule has 2 aliphatic rings. The smallest absolute Gasteiger partial charge is 0.317 e. The number of carbonyl (C=O) groups is 1. The third-order valence-corrected chi connectivity index (χ3v) is 6.93. The molecule has 0 spiro atoms. The van der Waals surface area contributed by atoms with Gasteiger partial charge in [0.2, 0.25) is 0 Å². The molecule has 2 aliphatic heterocycles. The van der Waals surface area contributed by atoms with Crippen LogP contribution >= 0.6 is 11.6 Å². The molecule has 5 rings (SSSR count). The number of carbonyl (C=O) groups excluding carboxylic acids is 1. The number of hydrogen-bond acceptors (Lipinski definition) is 4. The van der Waals surface area contributed by atoms with Gasteiger partial charge in [-0.3, -0.25) is 4.90 Å². The summed E-state index contributed by atoms with van der Waals surface area (Å²) in [5, 5.41) is 4.03. The number of aromatic nitrogens is 1. The molecule has 2 amide bonds. The van der Waals surface area contributed by atoms with Gasteiger partial charge in [-0.1, -0.05) is 35.9 Å². The van der Waals surface area contributed by atoms with Crippen molar-refractivity contribution in [3.63, 3.8) is 0 Å². The molecule has 3 aromatic rings. The second-order valence-electron chi connectivity index (χ2n) is 8.91. The van der Waals surface area contributed by atoms with Gasteiger partial charge in [-0.05, 0) is 55.5 Å². The number of amides is 2. The van der Waals surface area contributed by atoms with Crippen LogP contribution < -0.4 is 5.32 Å². The first-order valence-corrected chi connectivity index (χ1v) is 11.9. The molecule has 168 valence electrons. The van der Waals surface area contributed by atoms with Gasteiger partial charge in [-0.2, -0.15) is 0 Å². The van der Waals surface area contributed by atoms with E-state index in [1.165, 1.54) is 5.56 Å². The van der Waals surface area contributed by atoms with Gasteiger partial charge in [0, 0.05) is 49.7 Å². The molecule has 2 fully saturated rings. The lowest BCUT2D eigenvalue weighted by molar-refractivity contribution is 0.157. The lowest BCUT2D eigenvalue weighted by atomic mass is 9.97. The summed E-state index contributed by atoms with van der Waals surface area (Å²) in [6, 6.07) is 16.2. The molecule has 1 N–H and O–H groups in total. The fourth-order valence-electron chi connectivity index (χ4n) is 4.74. The van der Waals surface area contributed by atoms with Crippen molar-refractivity contribution in [2.24, 2.45) is 0 Å². The first-order chi connectivity index (χ1) is 15.6. The predicted octanol–water partition coefficient (Wildman–Crippen LogP) is 5.03. The maximum absolute atomic E-state index is 12.8. The quantitative estimate of drug-likeness (QED) is 0.602. The van der Waals surface area contributed by atoms with Crippen LogP contribution in [0.3, 0.4) is 0 Å². The summed E-state index contributed by atoms with van der Waals surface area (Å²) in [7, 11) is 0. The van der Waals surface area contributed by atoms with E-state index in [0.29, 0.717) is 0 Å². The molecular formula is C25H29ClN4O2. The highest BCUT2D eigenvalue weighted by Gasteiger charge is 2.29. The molecule has 3 heterocycles. The Morgan fingerprint density at radius 1 is 1.00 bits per heavy atom. The van der Waals surface area contributed by atoms with Crippen molar-refractivity contribution in [1.82, 2.24) is 20.1 Å². The summed E-state index contributed by atoms with van der Waals surface area (Å²) in [5.74, 6) is 1.09. The number of rotatable bonds is 4. The number of para-hydroxylation sites is 2. The van der Waals surface area contributed by atoms with E-state index in [1.807, 2.05) is 41.3 Å². The van der Waals surface area contributed by atoms with Crippen LogP contribution in [-0.2, 0) is 6.54 Å². The summed E-state index contributed by atoms with van der Waals surface area (Å²) >= 11 is 5.98. The summed E-state index contributed by atoms with van der Waals surface area (Å²) in [4.78, 5) is 21.8. The van der Waals surface area contributed by atoms with Crippen LogP contribution in [0.1, 0.15) is 43.1 Å². The topological polar surface area (TPSA) is 61.6 Å². The highest BCUT2D eigenvalue weighted by atomic mass is 35.5. The molecule has 0 atom stereocenters. The van der Waals surface area contributed by atoms with Gasteiger partial charge in [0.05, 0.1) is 0 Å². The molecule has 0 saturated carbocycles. The van der Waals surface area contributed by atoms with Crippen LogP contribution in [0.5, 0.6) is 0 Å². The Bertz CT molecular complexity index is 1020. The minimum absolute atomic E-state index is 0.0668. The van der Waals surface area contributed by atoms with Crippen molar-refractivity contribution >= 4 is 28.7 Å². The van der Waals surface area contributed by atoms with E-state index in [0.717, 1.165) is 80.4 Å². The molecule has 7 heteroatoms. The van der Waals surface area contributed by atoms with Crippen LogP contribution in [-0.4, -0.2) is 53.0 Å². The molecule has 0 unspecified atom stereocenters. The number of hydrogen-bond donors (Lipinski definition) is 1. The van der Waals surface area contributed by atoms with Gasteiger partial charge < -0.3 is 14.6 Å². The average molecular weight is 453 g/mol. The minimum Gasteiger partial charge on any atom is -0.440 e. The minimum atomic E-state index is 0.0668. The molecule has 2 aromatic carbocycles. The van der Waals surface area contributed by atoms with Crippen molar-refractivity contribution < 1.29 is 9.21 Å². The Morgan fingerprint density at radius 3 is 2.44 bits per heavy atom. The Hall–Kier alpha value is -2.57. The molecule has 0 radical (unpaired) electrons. The lowest BCUT2D eigenvalue weighted by Gasteiger charge is -2.35. The number of urea groups is 1. The fraction of sp³-hybridized carbons (Fsp3) is 0.440. The van der Waals surface area contributed by atoms with Crippen LogP contribution in [0.25, 0.3) is 11.1 Å². The third kappa shape index (κ3) is 4.92. The van der Waals surface area contributed by atoms with Crippen molar-refractivity contribution in [2.75, 3.05) is 26.2 Å². The Kier molecular flexibility index (Phi) is 6.32. The van der Waals surface area contributed by atoms with E-state index >= 15 is 0 Å². The first kappa shape index (κ1) is 21.3. The van der Waals surface area contributed by atoms with E-state index < -0.39 is 0 Å². The zero-order valence-corrected chi connectivity index (χ0v) is 18.9. The van der Waals surface area contributed by atoms with Crippen molar-refractivity contribution in [3.8, 4) is 0 Å². The number of oxazole rings is 1. The number of halogens is 1. The lowest BCUT2D eigenvalue weighted by Crippen LogP contribution is -2.50. The Labute approximate surface area is 193 Å². The van der Waals surface area contributed by atoms with E-state index in [1.54, 1.807) is 0 Å². The molecule has 0 aliphatic carbocycles. The highest BCUT2D eigenvalue weighted by molar-refractivity contribution is 6.30. The number of nitrogens with one attached hydrogen (secondary N) is 1. The zero-order valence-electron chi connectivity index (χ0n) is 18.2. The van der Waals surface area contributed by atoms with Gasteiger partial charge in [-0.25, -0.2) is 9.78 Å². The standard InChI is InChI=1S/C25H29ClN4O2/c26-20-7-5-18(6-8-20)17-29-13-11-21(12-14-29)27-25(31)30-15-9-19(10-16-30)24-28-22-3-1-2-4-23(22)32-24/h1-8,19,21H,9-17H2,(H,27,31). The van der Waals surface area contributed by atoms with Gasteiger partial charge in [-0.15, -0.1) is 0 Å². The van der Waals surface area contributed by atoms with Crippen molar-refractivity contribution in [3.05, 3.63) is 65.0 Å². The Morgan fingerprint density at radius 2 is 1.72 bits per heavy atom.